The summed E-state index contributed by atoms with van der Waals surface area (Å²) < 4.78 is 5.14. The molecule has 0 aliphatic heterocycles. The smallest absolute Gasteiger partial charge is 0.329 e. The number of anilines is 1. The number of hydrogen-bond donors (Lipinski definition) is 2. The van der Waals surface area contributed by atoms with Crippen molar-refractivity contribution in [2.24, 2.45) is 5.92 Å². The van der Waals surface area contributed by atoms with Crippen LogP contribution in [-0.4, -0.2) is 23.7 Å². The zero-order valence-corrected chi connectivity index (χ0v) is 12.1. The fourth-order valence-electron chi connectivity index (χ4n) is 1.82. The van der Waals surface area contributed by atoms with Gasteiger partial charge in [-0.2, -0.15) is 0 Å². The molecular formula is C15H23NO3. The molecule has 0 aliphatic carbocycles. The van der Waals surface area contributed by atoms with Gasteiger partial charge in [0.1, 0.15) is 11.3 Å². The Balaban J connectivity index is 2.85. The maximum atomic E-state index is 11.5. The summed E-state index contributed by atoms with van der Waals surface area (Å²) in [6, 6.07) is 7.32. The number of methoxy groups -OCH3 is 1. The van der Waals surface area contributed by atoms with Crippen molar-refractivity contribution >= 4 is 11.7 Å². The Morgan fingerprint density at radius 3 is 2.68 bits per heavy atom. The summed E-state index contributed by atoms with van der Waals surface area (Å²) in [5.74, 6) is 0.350. The van der Waals surface area contributed by atoms with E-state index < -0.39 is 11.5 Å². The van der Waals surface area contributed by atoms with Gasteiger partial charge >= 0.3 is 5.97 Å². The van der Waals surface area contributed by atoms with E-state index >= 15 is 0 Å². The molecule has 0 saturated heterocycles. The molecule has 4 nitrogen and oxygen atoms in total. The van der Waals surface area contributed by atoms with E-state index in [4.69, 9.17) is 4.74 Å². The Bertz CT molecular complexity index is 431. The number of carboxylic acids is 1. The molecule has 0 aliphatic rings. The fraction of sp³-hybridized carbons (Fsp3) is 0.533. The number of carbonyl (C=O) groups is 1. The Morgan fingerprint density at radius 2 is 2.16 bits per heavy atom. The van der Waals surface area contributed by atoms with E-state index in [2.05, 4.69) is 19.2 Å². The summed E-state index contributed by atoms with van der Waals surface area (Å²) >= 11 is 0. The Hall–Kier alpha value is -1.71. The second-order valence-corrected chi connectivity index (χ2v) is 5.43. The van der Waals surface area contributed by atoms with Gasteiger partial charge in [-0.15, -0.1) is 0 Å². The van der Waals surface area contributed by atoms with Crippen molar-refractivity contribution in [3.05, 3.63) is 24.3 Å². The van der Waals surface area contributed by atoms with Crippen LogP contribution in [0, 0.1) is 5.92 Å². The highest BCUT2D eigenvalue weighted by Gasteiger charge is 2.32. The van der Waals surface area contributed by atoms with Crippen molar-refractivity contribution < 1.29 is 14.6 Å². The first-order chi connectivity index (χ1) is 8.87. The van der Waals surface area contributed by atoms with Gasteiger partial charge in [0, 0.05) is 11.8 Å². The first-order valence-corrected chi connectivity index (χ1v) is 6.53. The van der Waals surface area contributed by atoms with E-state index in [9.17, 15) is 9.90 Å². The van der Waals surface area contributed by atoms with Crippen LogP contribution in [0.3, 0.4) is 0 Å². The normalized spacial score (nSPS) is 13.9. The average Bonchev–Trinajstić information content (AvgIpc) is 2.36. The zero-order chi connectivity index (χ0) is 14.5. The Morgan fingerprint density at radius 1 is 1.47 bits per heavy atom. The average molecular weight is 265 g/mol. The maximum absolute atomic E-state index is 11.5. The summed E-state index contributed by atoms with van der Waals surface area (Å²) in [6.07, 6.45) is 1.44. The van der Waals surface area contributed by atoms with Crippen LogP contribution in [0.15, 0.2) is 24.3 Å². The molecule has 0 fully saturated rings. The van der Waals surface area contributed by atoms with Crippen LogP contribution in [0.1, 0.15) is 33.6 Å². The topological polar surface area (TPSA) is 58.6 Å². The van der Waals surface area contributed by atoms with E-state index in [-0.39, 0.29) is 0 Å². The van der Waals surface area contributed by atoms with Gasteiger partial charge in [0.2, 0.25) is 0 Å². The van der Waals surface area contributed by atoms with Gasteiger partial charge in [-0.25, -0.2) is 4.79 Å². The second kappa shape index (κ2) is 6.45. The number of ether oxygens (including phenoxy) is 1. The molecule has 1 unspecified atom stereocenters. The van der Waals surface area contributed by atoms with E-state index in [1.807, 2.05) is 18.2 Å². The number of benzene rings is 1. The molecule has 0 heterocycles. The van der Waals surface area contributed by atoms with Gasteiger partial charge in [0.05, 0.1) is 7.11 Å². The Kier molecular flexibility index (Phi) is 5.21. The molecule has 0 bridgehead atoms. The lowest BCUT2D eigenvalue weighted by atomic mass is 9.91. The predicted molar refractivity (Wildman–Crippen MR) is 76.7 cm³/mol. The van der Waals surface area contributed by atoms with E-state index in [1.54, 1.807) is 20.1 Å². The van der Waals surface area contributed by atoms with Gasteiger partial charge in [0.15, 0.2) is 0 Å². The lowest BCUT2D eigenvalue weighted by Crippen LogP contribution is -2.43. The molecular weight excluding hydrogens is 242 g/mol. The van der Waals surface area contributed by atoms with Crippen LogP contribution in [0.4, 0.5) is 5.69 Å². The molecule has 1 atom stereocenters. The van der Waals surface area contributed by atoms with Crippen LogP contribution in [0.2, 0.25) is 0 Å². The second-order valence-electron chi connectivity index (χ2n) is 5.43. The minimum Gasteiger partial charge on any atom is -0.497 e. The summed E-state index contributed by atoms with van der Waals surface area (Å²) in [5.41, 5.74) is -0.204. The molecule has 4 heteroatoms. The molecule has 106 valence electrons. The van der Waals surface area contributed by atoms with Crippen molar-refractivity contribution in [3.8, 4) is 5.75 Å². The highest BCUT2D eigenvalue weighted by atomic mass is 16.5. The zero-order valence-electron chi connectivity index (χ0n) is 12.1. The predicted octanol–water partition coefficient (Wildman–Crippen LogP) is 3.39. The number of rotatable bonds is 7. The van der Waals surface area contributed by atoms with Gasteiger partial charge in [0.25, 0.3) is 0 Å². The molecule has 1 aromatic carbocycles. The lowest BCUT2D eigenvalue weighted by molar-refractivity contribution is -0.142. The standard InChI is InChI=1S/C15H23NO3/c1-11(2)8-9-15(3,14(17)18)16-12-6-5-7-13(10-12)19-4/h5-7,10-11,16H,8-9H2,1-4H3,(H,17,18). The molecule has 0 saturated carbocycles. The summed E-state index contributed by atoms with van der Waals surface area (Å²) in [7, 11) is 1.59. The fourth-order valence-corrected chi connectivity index (χ4v) is 1.82. The monoisotopic (exact) mass is 265 g/mol. The summed E-state index contributed by atoms with van der Waals surface area (Å²) in [6.45, 7) is 5.90. The summed E-state index contributed by atoms with van der Waals surface area (Å²) in [5, 5.41) is 12.5. The highest BCUT2D eigenvalue weighted by molar-refractivity contribution is 5.82. The largest absolute Gasteiger partial charge is 0.497 e. The first-order valence-electron chi connectivity index (χ1n) is 6.53. The van der Waals surface area contributed by atoms with E-state index in [0.717, 1.165) is 12.1 Å². The minimum atomic E-state index is -0.962. The van der Waals surface area contributed by atoms with Gasteiger partial charge < -0.3 is 15.2 Å². The number of carboxylic acid groups (broad SMARTS) is 1. The molecule has 0 amide bonds. The van der Waals surface area contributed by atoms with Crippen molar-refractivity contribution in [1.82, 2.24) is 0 Å². The van der Waals surface area contributed by atoms with Crippen LogP contribution in [0.25, 0.3) is 0 Å². The third-order valence-corrected chi connectivity index (χ3v) is 3.18. The SMILES string of the molecule is COc1cccc(NC(C)(CCC(C)C)C(=O)O)c1. The van der Waals surface area contributed by atoms with Crippen LogP contribution in [0.5, 0.6) is 5.75 Å². The third-order valence-electron chi connectivity index (χ3n) is 3.18. The van der Waals surface area contributed by atoms with Crippen LogP contribution >= 0.6 is 0 Å². The highest BCUT2D eigenvalue weighted by Crippen LogP contribution is 2.25. The van der Waals surface area contributed by atoms with Crippen LogP contribution in [-0.2, 0) is 4.79 Å². The van der Waals surface area contributed by atoms with Gasteiger partial charge in [-0.3, -0.25) is 0 Å². The maximum Gasteiger partial charge on any atom is 0.329 e. The van der Waals surface area contributed by atoms with Crippen molar-refractivity contribution in [3.63, 3.8) is 0 Å². The molecule has 1 rings (SSSR count). The number of aliphatic carboxylic acids is 1. The lowest BCUT2D eigenvalue weighted by Gasteiger charge is -2.28. The minimum absolute atomic E-state index is 0.478. The van der Waals surface area contributed by atoms with Gasteiger partial charge in [-0.1, -0.05) is 19.9 Å². The van der Waals surface area contributed by atoms with E-state index in [1.165, 1.54) is 0 Å². The molecule has 0 radical (unpaired) electrons. The van der Waals surface area contributed by atoms with Crippen LogP contribution < -0.4 is 10.1 Å². The van der Waals surface area contributed by atoms with Crippen molar-refractivity contribution in [2.75, 3.05) is 12.4 Å². The quantitative estimate of drug-likeness (QED) is 0.793. The molecule has 0 spiro atoms. The molecule has 1 aromatic rings. The van der Waals surface area contributed by atoms with Gasteiger partial charge in [-0.05, 0) is 37.8 Å². The van der Waals surface area contributed by atoms with E-state index in [0.29, 0.717) is 18.1 Å². The van der Waals surface area contributed by atoms with Crippen molar-refractivity contribution in [2.45, 2.75) is 39.2 Å². The number of nitrogens with one attached hydrogen (secondary N) is 1. The number of hydrogen-bond acceptors (Lipinski definition) is 3. The van der Waals surface area contributed by atoms with Crippen molar-refractivity contribution in [1.29, 1.82) is 0 Å². The summed E-state index contributed by atoms with van der Waals surface area (Å²) in [4.78, 5) is 11.5. The first kappa shape index (κ1) is 15.3. The molecule has 19 heavy (non-hydrogen) atoms. The molecule has 2 N–H and O–H groups in total. The Labute approximate surface area is 114 Å². The third kappa shape index (κ3) is 4.47. The molecule has 0 aromatic heterocycles.